The van der Waals surface area contributed by atoms with Gasteiger partial charge in [0.05, 0.1) is 5.92 Å². The van der Waals surface area contributed by atoms with Gasteiger partial charge >= 0.3 is 12.0 Å². The summed E-state index contributed by atoms with van der Waals surface area (Å²) in [5.74, 6) is -1.45. The van der Waals surface area contributed by atoms with Crippen LogP contribution in [0.2, 0.25) is 0 Å². The lowest BCUT2D eigenvalue weighted by Gasteiger charge is -2.42. The van der Waals surface area contributed by atoms with Gasteiger partial charge in [-0.2, -0.15) is 0 Å². The number of hydrogen-bond acceptors (Lipinski definition) is 2. The number of nitrogens with one attached hydrogen (secondary N) is 1. The molecule has 126 valence electrons. The van der Waals surface area contributed by atoms with E-state index in [1.54, 1.807) is 14.0 Å². The minimum Gasteiger partial charge on any atom is -0.481 e. The van der Waals surface area contributed by atoms with E-state index in [0.29, 0.717) is 6.54 Å². The van der Waals surface area contributed by atoms with Crippen LogP contribution >= 0.6 is 0 Å². The van der Waals surface area contributed by atoms with Gasteiger partial charge in [-0.1, -0.05) is 43.7 Å². The van der Waals surface area contributed by atoms with Crippen LogP contribution in [0.4, 0.5) is 4.79 Å². The fraction of sp³-hybridized carbons (Fsp3) is 0.556. The first-order valence-electron chi connectivity index (χ1n) is 8.18. The Balaban J connectivity index is 1.85. The van der Waals surface area contributed by atoms with Crippen molar-refractivity contribution in [3.63, 3.8) is 0 Å². The lowest BCUT2D eigenvalue weighted by atomic mass is 9.65. The molecule has 2 amide bonds. The normalized spacial score (nSPS) is 17.0. The zero-order chi connectivity index (χ0) is 16.9. The molecule has 0 aromatic heterocycles. The average molecular weight is 318 g/mol. The highest BCUT2D eigenvalue weighted by atomic mass is 16.4. The number of benzene rings is 1. The molecule has 1 aromatic carbocycles. The van der Waals surface area contributed by atoms with Crippen LogP contribution in [0.25, 0.3) is 0 Å². The Labute approximate surface area is 137 Å². The van der Waals surface area contributed by atoms with E-state index >= 15 is 0 Å². The van der Waals surface area contributed by atoms with Crippen molar-refractivity contribution in [1.82, 2.24) is 10.2 Å². The number of carbonyl (C=O) groups is 2. The van der Waals surface area contributed by atoms with Gasteiger partial charge in [0.1, 0.15) is 0 Å². The molecule has 0 saturated heterocycles. The second kappa shape index (κ2) is 7.49. The molecule has 2 rings (SSSR count). The first kappa shape index (κ1) is 17.3. The molecule has 5 heteroatoms. The summed E-state index contributed by atoms with van der Waals surface area (Å²) in [6.45, 7) is 2.47. The van der Waals surface area contributed by atoms with Crippen molar-refractivity contribution in [2.45, 2.75) is 32.6 Å². The minimum absolute atomic E-state index is 0.149. The number of hydrogen-bond donors (Lipinski definition) is 2. The maximum atomic E-state index is 12.2. The summed E-state index contributed by atoms with van der Waals surface area (Å²) in [7, 11) is 1.64. The molecule has 1 aliphatic carbocycles. The minimum atomic E-state index is -0.885. The van der Waals surface area contributed by atoms with E-state index in [1.807, 2.05) is 18.2 Å². The molecule has 0 heterocycles. The largest absolute Gasteiger partial charge is 0.481 e. The van der Waals surface area contributed by atoms with Crippen molar-refractivity contribution in [2.75, 3.05) is 20.1 Å². The van der Waals surface area contributed by atoms with Crippen LogP contribution in [0.3, 0.4) is 0 Å². The standard InChI is InChI=1S/C18H26N2O3/c1-14(16(21)22)12-20(2)17(23)19-13-18(9-6-10-18)11-15-7-4-3-5-8-15/h3-5,7-8,14H,6,9-13H2,1-2H3,(H,19,23)(H,21,22). The highest BCUT2D eigenvalue weighted by Crippen LogP contribution is 2.43. The first-order valence-corrected chi connectivity index (χ1v) is 8.18. The quantitative estimate of drug-likeness (QED) is 0.812. The molecule has 1 saturated carbocycles. The zero-order valence-electron chi connectivity index (χ0n) is 13.9. The molecular formula is C18H26N2O3. The number of nitrogens with zero attached hydrogens (tertiary/aromatic N) is 1. The Hall–Kier alpha value is -2.04. The number of carboxylic acid groups (broad SMARTS) is 1. The summed E-state index contributed by atoms with van der Waals surface area (Å²) in [6, 6.07) is 10.2. The van der Waals surface area contributed by atoms with Gasteiger partial charge in [0.15, 0.2) is 0 Å². The van der Waals surface area contributed by atoms with Crippen LogP contribution in [-0.4, -0.2) is 42.1 Å². The van der Waals surface area contributed by atoms with E-state index in [9.17, 15) is 9.59 Å². The fourth-order valence-corrected chi connectivity index (χ4v) is 3.09. The topological polar surface area (TPSA) is 69.6 Å². The van der Waals surface area contributed by atoms with Crippen LogP contribution in [0, 0.1) is 11.3 Å². The SMILES string of the molecule is CC(CN(C)C(=O)NCC1(Cc2ccccc2)CCC1)C(=O)O. The summed E-state index contributed by atoms with van der Waals surface area (Å²) >= 11 is 0. The van der Waals surface area contributed by atoms with Gasteiger partial charge in [0, 0.05) is 20.1 Å². The molecule has 0 radical (unpaired) electrons. The second-order valence-corrected chi connectivity index (χ2v) is 6.79. The van der Waals surface area contributed by atoms with Crippen molar-refractivity contribution in [3.05, 3.63) is 35.9 Å². The number of urea groups is 1. The third-order valence-corrected chi connectivity index (χ3v) is 4.77. The predicted octanol–water partition coefficient (Wildman–Crippen LogP) is 2.76. The smallest absolute Gasteiger partial charge is 0.317 e. The molecule has 1 aliphatic rings. The lowest BCUT2D eigenvalue weighted by molar-refractivity contribution is -0.141. The van der Waals surface area contributed by atoms with Crippen LogP contribution in [0.15, 0.2) is 30.3 Å². The summed E-state index contributed by atoms with van der Waals surface area (Å²) < 4.78 is 0. The fourth-order valence-electron chi connectivity index (χ4n) is 3.09. The molecule has 23 heavy (non-hydrogen) atoms. The second-order valence-electron chi connectivity index (χ2n) is 6.79. The van der Waals surface area contributed by atoms with Gasteiger partial charge in [0.25, 0.3) is 0 Å². The summed E-state index contributed by atoms with van der Waals surface area (Å²) in [6.07, 6.45) is 4.42. The van der Waals surface area contributed by atoms with Crippen LogP contribution in [-0.2, 0) is 11.2 Å². The average Bonchev–Trinajstić information content (AvgIpc) is 2.50. The Bertz CT molecular complexity index is 540. The van der Waals surface area contributed by atoms with E-state index in [1.165, 1.54) is 16.9 Å². The maximum absolute atomic E-state index is 12.2. The molecule has 1 aromatic rings. The molecule has 5 nitrogen and oxygen atoms in total. The van der Waals surface area contributed by atoms with Crippen LogP contribution in [0.1, 0.15) is 31.7 Å². The Morgan fingerprint density at radius 2 is 1.96 bits per heavy atom. The highest BCUT2D eigenvalue weighted by molar-refractivity contribution is 5.75. The first-order chi connectivity index (χ1) is 10.9. The molecule has 1 unspecified atom stereocenters. The van der Waals surface area contributed by atoms with Gasteiger partial charge in [0.2, 0.25) is 0 Å². The van der Waals surface area contributed by atoms with Crippen molar-refractivity contribution in [2.24, 2.45) is 11.3 Å². The number of amides is 2. The van der Waals surface area contributed by atoms with Gasteiger partial charge in [-0.05, 0) is 30.2 Å². The maximum Gasteiger partial charge on any atom is 0.317 e. The summed E-state index contributed by atoms with van der Waals surface area (Å²) in [5.41, 5.74) is 1.45. The summed E-state index contributed by atoms with van der Waals surface area (Å²) in [4.78, 5) is 24.5. The lowest BCUT2D eigenvalue weighted by Crippen LogP contribution is -2.48. The highest BCUT2D eigenvalue weighted by Gasteiger charge is 2.37. The monoisotopic (exact) mass is 318 g/mol. The Kier molecular flexibility index (Phi) is 5.64. The number of carbonyl (C=O) groups excluding carboxylic acids is 1. The third-order valence-electron chi connectivity index (χ3n) is 4.77. The van der Waals surface area contributed by atoms with E-state index in [2.05, 4.69) is 17.4 Å². The molecule has 2 N–H and O–H groups in total. The molecule has 1 fully saturated rings. The van der Waals surface area contributed by atoms with Gasteiger partial charge in [-0.3, -0.25) is 4.79 Å². The Morgan fingerprint density at radius 3 is 2.48 bits per heavy atom. The van der Waals surface area contributed by atoms with Crippen molar-refractivity contribution in [1.29, 1.82) is 0 Å². The van der Waals surface area contributed by atoms with Gasteiger partial charge < -0.3 is 15.3 Å². The number of carboxylic acids is 1. The Morgan fingerprint density at radius 1 is 1.30 bits per heavy atom. The van der Waals surface area contributed by atoms with Gasteiger partial charge in [-0.25, -0.2) is 4.79 Å². The van der Waals surface area contributed by atoms with Crippen molar-refractivity contribution in [3.8, 4) is 0 Å². The molecule has 0 aliphatic heterocycles. The van der Waals surface area contributed by atoms with E-state index in [-0.39, 0.29) is 18.0 Å². The van der Waals surface area contributed by atoms with E-state index in [0.717, 1.165) is 19.3 Å². The van der Waals surface area contributed by atoms with E-state index in [4.69, 9.17) is 5.11 Å². The van der Waals surface area contributed by atoms with Gasteiger partial charge in [-0.15, -0.1) is 0 Å². The van der Waals surface area contributed by atoms with Crippen molar-refractivity contribution < 1.29 is 14.7 Å². The van der Waals surface area contributed by atoms with Crippen molar-refractivity contribution >= 4 is 12.0 Å². The molecule has 1 atom stereocenters. The molecular weight excluding hydrogens is 292 g/mol. The molecule has 0 spiro atoms. The van der Waals surface area contributed by atoms with Crippen LogP contribution < -0.4 is 5.32 Å². The van der Waals surface area contributed by atoms with Crippen LogP contribution in [0.5, 0.6) is 0 Å². The number of aliphatic carboxylic acids is 1. The van der Waals surface area contributed by atoms with E-state index < -0.39 is 11.9 Å². The zero-order valence-corrected chi connectivity index (χ0v) is 13.9. The number of rotatable bonds is 7. The third kappa shape index (κ3) is 4.71. The molecule has 0 bridgehead atoms. The summed E-state index contributed by atoms with van der Waals surface area (Å²) in [5, 5.41) is 11.9. The predicted molar refractivity (Wildman–Crippen MR) is 89.3 cm³/mol.